The maximum absolute atomic E-state index is 13.5. The number of carbonyl (C=O) groups excluding carboxylic acids is 3. The summed E-state index contributed by atoms with van der Waals surface area (Å²) in [5, 5.41) is 16.4. The number of rotatable bonds is 30. The fraction of sp³-hybridized carbons (Fsp3) is 0.298. The van der Waals surface area contributed by atoms with Crippen LogP contribution in [0.15, 0.2) is 225 Å². The number of aliphatic hydroxyl groups excluding tert-OH is 1. The molecule has 4 unspecified atom stereocenters. The van der Waals surface area contributed by atoms with Crippen LogP contribution in [0.3, 0.4) is 0 Å². The van der Waals surface area contributed by atoms with Gasteiger partial charge in [-0.25, -0.2) is 23.8 Å². The van der Waals surface area contributed by atoms with Gasteiger partial charge in [0, 0.05) is 163 Å². The van der Waals surface area contributed by atoms with Gasteiger partial charge in [-0.15, -0.1) is 0 Å². The van der Waals surface area contributed by atoms with Gasteiger partial charge in [-0.1, -0.05) is 101 Å². The number of methoxy groups -OCH3 is 3. The number of hydrogen-bond donors (Lipinski definition) is 4. The maximum Gasteiger partial charge on any atom is 0.416 e. The summed E-state index contributed by atoms with van der Waals surface area (Å²) in [5.74, 6) is 2.98. The van der Waals surface area contributed by atoms with Gasteiger partial charge in [-0.2, -0.15) is 0 Å². The van der Waals surface area contributed by atoms with Crippen molar-refractivity contribution in [3.63, 3.8) is 0 Å². The summed E-state index contributed by atoms with van der Waals surface area (Å²) < 4.78 is 66.0. The van der Waals surface area contributed by atoms with Crippen molar-refractivity contribution in [2.75, 3.05) is 120 Å². The van der Waals surface area contributed by atoms with E-state index >= 15 is 0 Å². The van der Waals surface area contributed by atoms with Crippen molar-refractivity contribution in [2.45, 2.75) is 62.9 Å². The van der Waals surface area contributed by atoms with E-state index in [0.717, 1.165) is 128 Å². The van der Waals surface area contributed by atoms with Crippen LogP contribution in [0.25, 0.3) is 32.7 Å². The average Bonchev–Trinajstić information content (AvgIpc) is 1.60. The molecule has 4 atom stereocenters. The van der Waals surface area contributed by atoms with E-state index in [1.54, 1.807) is 85.0 Å². The number of benzene rings is 9. The lowest BCUT2D eigenvalue weighted by molar-refractivity contribution is 0.0459. The molecule has 4 N–H and O–H groups in total. The summed E-state index contributed by atoms with van der Waals surface area (Å²) in [6, 6.07) is 60.9. The zero-order valence-electron chi connectivity index (χ0n) is 68.2. The van der Waals surface area contributed by atoms with E-state index in [1.807, 2.05) is 156 Å². The minimum Gasteiger partial charge on any atom is -0.494 e. The van der Waals surface area contributed by atoms with E-state index in [4.69, 9.17) is 89.0 Å². The molecule has 13 aromatic rings. The highest BCUT2D eigenvalue weighted by Crippen LogP contribution is 2.44. The minimum atomic E-state index is -0.709. The molecule has 3 aliphatic rings. The molecule has 23 nitrogen and oxygen atoms in total. The standard InChI is InChI=1S/C33H37ClFN3O6.C31H33Cl2N3O4.C30H27ClN4O3/c1-41-17-15-37(16-18-42-2)20-25(39)21-43-26-8-3-22(4-9-26)32-31-28(29-19-23(34)5-12-30(29)36-31)13-14-38(32)33(40)44-27-10-6-24(35)7-11-27;1-35(17-19-38-2)15-3-18-39-24-9-4-21(5-10-24)30-29-26(27-20-23(33)8-13-28(27)34-29)14-16-36(30)31(37)40-25-11-6-22(32)7-12-25;31-22-9-12-27-26(19-22)25-13-16-35(30(36)38-24-5-2-1-3-6-24)29(28(25)33-27)21-7-10-23(11-8-21)37-18-4-15-34-17-14-32-20-34/h3-12,19,25,32,36,39H,13-18,20-21H2,1-2H3;4-13,20,30,34H,3,14-19H2,1-2H3;1-3,5-12,14,17,19-20,29,33H,4,13,15-16,18H2. The second kappa shape index (κ2) is 42.1. The van der Waals surface area contributed by atoms with Gasteiger partial charge in [-0.05, 0) is 224 Å². The van der Waals surface area contributed by atoms with Gasteiger partial charge < -0.3 is 72.2 Å². The quantitative estimate of drug-likeness (QED) is 0.0306. The zero-order chi connectivity index (χ0) is 85.0. The number of hydrogen-bond acceptors (Lipinski definition) is 16. The van der Waals surface area contributed by atoms with Crippen LogP contribution < -0.4 is 28.4 Å². The fourth-order valence-electron chi connectivity index (χ4n) is 15.6. The number of aliphatic hydroxyl groups is 1. The first-order valence-corrected chi connectivity index (χ1v) is 42.1. The molecule has 0 saturated carbocycles. The van der Waals surface area contributed by atoms with Crippen LogP contribution in [0, 0.1) is 5.82 Å². The van der Waals surface area contributed by atoms with Gasteiger partial charge in [-0.3, -0.25) is 19.6 Å². The minimum absolute atomic E-state index is 0.113. The normalized spacial score (nSPS) is 15.1. The van der Waals surface area contributed by atoms with Crippen LogP contribution in [-0.4, -0.2) is 199 Å². The van der Waals surface area contributed by atoms with Crippen molar-refractivity contribution >= 4 is 97.4 Å². The largest absolute Gasteiger partial charge is 0.494 e. The van der Waals surface area contributed by atoms with E-state index in [-0.39, 0.29) is 30.5 Å². The first-order chi connectivity index (χ1) is 59.4. The molecule has 9 aromatic carbocycles. The average molecular weight is 1740 g/mol. The van der Waals surface area contributed by atoms with Crippen LogP contribution in [0.4, 0.5) is 18.8 Å². The van der Waals surface area contributed by atoms with E-state index in [0.29, 0.717) is 122 Å². The number of para-hydroxylation sites is 1. The van der Waals surface area contributed by atoms with Crippen molar-refractivity contribution < 1.29 is 66.5 Å². The Bertz CT molecular complexity index is 5590. The number of amides is 3. The summed E-state index contributed by atoms with van der Waals surface area (Å²) in [7, 11) is 7.08. The Balaban J connectivity index is 0.000000150. The number of likely N-dealkylation sites (N-methyl/N-ethyl adjacent to an activating group) is 1. The number of aromatic nitrogens is 5. The molecule has 0 aliphatic carbocycles. The summed E-state index contributed by atoms with van der Waals surface area (Å²) >= 11 is 25.0. The highest BCUT2D eigenvalue weighted by atomic mass is 35.5. The molecule has 0 fully saturated rings. The van der Waals surface area contributed by atoms with Crippen molar-refractivity contribution in [3.05, 3.63) is 301 Å². The summed E-state index contributed by atoms with van der Waals surface area (Å²) in [4.78, 5) is 64.6. The Hall–Kier alpha value is -11.1. The van der Waals surface area contributed by atoms with E-state index in [1.165, 1.54) is 29.8 Å². The molecule has 0 radical (unpaired) electrons. The summed E-state index contributed by atoms with van der Waals surface area (Å²) in [6.07, 6.45) is 7.24. The predicted octanol–water partition coefficient (Wildman–Crippen LogP) is 19.0. The highest BCUT2D eigenvalue weighted by molar-refractivity contribution is 6.32. The van der Waals surface area contributed by atoms with Crippen molar-refractivity contribution in [2.24, 2.45) is 0 Å². The Morgan fingerprint density at radius 2 is 0.852 bits per heavy atom. The van der Waals surface area contributed by atoms with Crippen LogP contribution >= 0.6 is 46.4 Å². The van der Waals surface area contributed by atoms with Gasteiger partial charge in [0.25, 0.3) is 0 Å². The van der Waals surface area contributed by atoms with E-state index in [2.05, 4.69) is 36.8 Å². The number of ether oxygens (including phenoxy) is 9. The van der Waals surface area contributed by atoms with E-state index < -0.39 is 30.1 Å². The number of fused-ring (bicyclic) bond motifs is 9. The highest BCUT2D eigenvalue weighted by Gasteiger charge is 2.40. The van der Waals surface area contributed by atoms with Gasteiger partial charge in [0.1, 0.15) is 71.2 Å². The molecule has 3 aliphatic heterocycles. The molecule has 0 saturated heterocycles. The molecule has 0 spiro atoms. The molecule has 122 heavy (non-hydrogen) atoms. The summed E-state index contributed by atoms with van der Waals surface area (Å²) in [5.41, 5.74) is 11.9. The number of nitrogens with one attached hydrogen (secondary N) is 3. The Morgan fingerprint density at radius 3 is 1.27 bits per heavy atom. The molecular weight excluding hydrogens is 1640 g/mol. The van der Waals surface area contributed by atoms with Crippen molar-refractivity contribution in [1.29, 1.82) is 0 Å². The molecule has 4 aromatic heterocycles. The fourth-order valence-corrected chi connectivity index (χ4v) is 16.3. The van der Waals surface area contributed by atoms with Crippen LogP contribution in [-0.2, 0) is 40.0 Å². The second-order valence-corrected chi connectivity index (χ2v) is 31.7. The van der Waals surface area contributed by atoms with Crippen molar-refractivity contribution in [1.82, 2.24) is 49.0 Å². The maximum atomic E-state index is 13.5. The Morgan fingerprint density at radius 1 is 0.467 bits per heavy atom. The molecular formula is C94H97Cl4FN10O13. The first kappa shape index (κ1) is 87.2. The molecule has 7 heterocycles. The number of nitrogens with zero attached hydrogens (tertiary/aromatic N) is 7. The number of halogens is 5. The van der Waals surface area contributed by atoms with Crippen LogP contribution in [0.2, 0.25) is 20.1 Å². The molecule has 636 valence electrons. The molecule has 28 heteroatoms. The van der Waals surface area contributed by atoms with Gasteiger partial charge in [0.15, 0.2) is 0 Å². The topological polar surface area (TPSA) is 236 Å². The number of imidazole rings is 1. The molecule has 0 bridgehead atoms. The number of aromatic amines is 3. The van der Waals surface area contributed by atoms with Crippen LogP contribution in [0.1, 0.15) is 81.4 Å². The molecule has 16 rings (SSSR count). The monoisotopic (exact) mass is 1730 g/mol. The SMILES string of the molecule is COCCN(C)CCCOc1ccc(C2c3[nH]c4ccc(Cl)cc4c3CCN2C(=O)Oc2ccc(Cl)cc2)cc1.COCCN(CCOC)CC(O)COc1ccc(C2c3[nH]c4ccc(Cl)cc4c3CCN2C(=O)Oc2ccc(F)cc2)cc1.O=C(Oc1ccccc1)N1CCc2c([nH]c3ccc(Cl)cc23)C1c1ccc(OCCCn2ccnc2)cc1. The molecule has 3 amide bonds. The third-order valence-corrected chi connectivity index (χ3v) is 22.7. The smallest absolute Gasteiger partial charge is 0.416 e. The van der Waals surface area contributed by atoms with Crippen LogP contribution in [0.5, 0.6) is 34.5 Å². The third kappa shape index (κ3) is 22.2. The lowest BCUT2D eigenvalue weighted by Crippen LogP contribution is -2.42. The van der Waals surface area contributed by atoms with Crippen molar-refractivity contribution in [3.8, 4) is 34.5 Å². The second-order valence-electron chi connectivity index (χ2n) is 29.9. The number of H-pyrrole nitrogens is 3. The van der Waals surface area contributed by atoms with Gasteiger partial charge >= 0.3 is 18.3 Å². The lowest BCUT2D eigenvalue weighted by atomic mass is 9.92. The Labute approximate surface area is 727 Å². The zero-order valence-corrected chi connectivity index (χ0v) is 71.2. The lowest BCUT2D eigenvalue weighted by Gasteiger charge is -2.35. The van der Waals surface area contributed by atoms with Gasteiger partial charge in [0.05, 0.1) is 39.4 Å². The predicted molar refractivity (Wildman–Crippen MR) is 472 cm³/mol. The van der Waals surface area contributed by atoms with Gasteiger partial charge in [0.2, 0.25) is 0 Å². The Kier molecular flexibility index (Phi) is 30.1. The first-order valence-electron chi connectivity index (χ1n) is 40.6. The summed E-state index contributed by atoms with van der Waals surface area (Å²) in [6.45, 7) is 9.04. The number of aryl methyl sites for hydroxylation is 1. The number of carbonyl (C=O) groups is 3. The third-order valence-electron chi connectivity index (χ3n) is 21.7. The van der Waals surface area contributed by atoms with E-state index in [9.17, 15) is 23.9 Å².